The van der Waals surface area contributed by atoms with Crippen LogP contribution in [-0.4, -0.2) is 70.0 Å². The van der Waals surface area contributed by atoms with Gasteiger partial charge in [-0.05, 0) is 51.0 Å². The molecule has 3 aliphatic rings. The molecule has 8 heterocycles. The van der Waals surface area contributed by atoms with Gasteiger partial charge in [-0.25, -0.2) is 29.0 Å². The summed E-state index contributed by atoms with van der Waals surface area (Å²) in [6, 6.07) is 12.8. The maximum Gasteiger partial charge on any atom is 0.164 e. The number of halogens is 1. The number of hydrogen-bond donors (Lipinski definition) is 2. The van der Waals surface area contributed by atoms with Crippen LogP contribution in [0.15, 0.2) is 55.0 Å². The van der Waals surface area contributed by atoms with E-state index in [-0.39, 0.29) is 5.82 Å². The molecule has 0 spiro atoms. The molecule has 208 valence electrons. The van der Waals surface area contributed by atoms with Crippen LogP contribution in [0.25, 0.3) is 17.2 Å². The fourth-order valence-electron chi connectivity index (χ4n) is 5.63. The average Bonchev–Trinajstić information content (AvgIpc) is 3.55. The predicted octanol–water partition coefficient (Wildman–Crippen LogP) is 4.11. The number of rotatable bonds is 7. The SMILES string of the molecule is Cc1cc(Nc2cc(C)[nH]n2)nc(-c2ccc(N3CC4CC(C3)N4Cc3ccc(-n4cc(F)c(C)n4)nc3)nc2)n1. The lowest BCUT2D eigenvalue weighted by Gasteiger charge is -2.56. The number of nitrogens with zero attached hydrogens (tertiary/aromatic N) is 9. The third-order valence-corrected chi connectivity index (χ3v) is 7.74. The lowest BCUT2D eigenvalue weighted by Crippen LogP contribution is -2.68. The third-order valence-electron chi connectivity index (χ3n) is 7.74. The zero-order valence-corrected chi connectivity index (χ0v) is 23.1. The van der Waals surface area contributed by atoms with E-state index in [0.29, 0.717) is 41.1 Å². The standard InChI is InChI=1S/C29H30FN11/c1-17-8-25(34-26-9-18(2)36-37-26)35-29(33-17)21-5-7-27(32-12-21)39-14-22-10-23(15-39)40(22)13-20-4-6-28(31-11-20)41-16-24(30)19(3)38-41/h4-9,11-12,16,22-23H,10,13-15H2,1-3H3,(H2,33,34,35,36,37). The Morgan fingerprint density at radius 2 is 1.76 bits per heavy atom. The molecule has 2 unspecified atom stereocenters. The Bertz CT molecular complexity index is 1660. The second kappa shape index (κ2) is 10.0. The summed E-state index contributed by atoms with van der Waals surface area (Å²) < 4.78 is 15.2. The number of nitrogens with one attached hydrogen (secondary N) is 2. The van der Waals surface area contributed by atoms with Crippen LogP contribution in [0, 0.1) is 26.6 Å². The molecule has 0 amide bonds. The quantitative estimate of drug-likeness (QED) is 0.308. The highest BCUT2D eigenvalue weighted by Crippen LogP contribution is 2.35. The molecule has 8 rings (SSSR count). The highest BCUT2D eigenvalue weighted by molar-refractivity contribution is 5.61. The Labute approximate surface area is 236 Å². The number of piperazine rings is 1. The second-order valence-corrected chi connectivity index (χ2v) is 10.8. The summed E-state index contributed by atoms with van der Waals surface area (Å²) in [5.41, 5.74) is 4.21. The molecule has 0 aliphatic carbocycles. The smallest absolute Gasteiger partial charge is 0.164 e. The van der Waals surface area contributed by atoms with Gasteiger partial charge in [0.2, 0.25) is 0 Å². The topological polar surface area (TPSA) is 117 Å². The zero-order chi connectivity index (χ0) is 28.1. The van der Waals surface area contributed by atoms with Crippen LogP contribution in [-0.2, 0) is 6.54 Å². The molecule has 3 aliphatic heterocycles. The molecule has 41 heavy (non-hydrogen) atoms. The maximum absolute atomic E-state index is 13.7. The fourth-order valence-corrected chi connectivity index (χ4v) is 5.63. The largest absolute Gasteiger partial charge is 0.353 e. The van der Waals surface area contributed by atoms with E-state index in [1.165, 1.54) is 17.3 Å². The molecule has 2 bridgehead atoms. The van der Waals surface area contributed by atoms with Crippen molar-refractivity contribution in [3.8, 4) is 17.2 Å². The van der Waals surface area contributed by atoms with Gasteiger partial charge in [-0.1, -0.05) is 6.07 Å². The van der Waals surface area contributed by atoms with Crippen molar-refractivity contribution in [3.63, 3.8) is 0 Å². The number of hydrogen-bond acceptors (Lipinski definition) is 9. The number of aromatic amines is 1. The predicted molar refractivity (Wildman–Crippen MR) is 153 cm³/mol. The van der Waals surface area contributed by atoms with Crippen LogP contribution < -0.4 is 10.2 Å². The van der Waals surface area contributed by atoms with Crippen LogP contribution in [0.3, 0.4) is 0 Å². The van der Waals surface area contributed by atoms with Crippen LogP contribution >= 0.6 is 0 Å². The monoisotopic (exact) mass is 551 g/mol. The summed E-state index contributed by atoms with van der Waals surface area (Å²) in [7, 11) is 0. The van der Waals surface area contributed by atoms with Crippen molar-refractivity contribution < 1.29 is 4.39 Å². The van der Waals surface area contributed by atoms with E-state index in [1.807, 2.05) is 56.6 Å². The van der Waals surface area contributed by atoms with Gasteiger partial charge in [0, 0.05) is 73.2 Å². The first-order valence-electron chi connectivity index (χ1n) is 13.7. The number of fused-ring (bicyclic) bond motifs is 2. The van der Waals surface area contributed by atoms with Crippen LogP contribution in [0.2, 0.25) is 0 Å². The van der Waals surface area contributed by atoms with Crippen molar-refractivity contribution in [2.45, 2.75) is 45.8 Å². The molecule has 2 N–H and O–H groups in total. The molecule has 3 saturated heterocycles. The summed E-state index contributed by atoms with van der Waals surface area (Å²) in [5, 5.41) is 14.6. The van der Waals surface area contributed by atoms with Gasteiger partial charge in [-0.2, -0.15) is 10.2 Å². The lowest BCUT2D eigenvalue weighted by molar-refractivity contribution is -0.00875. The highest BCUT2D eigenvalue weighted by Gasteiger charge is 2.44. The van der Waals surface area contributed by atoms with Crippen molar-refractivity contribution in [2.75, 3.05) is 23.3 Å². The normalized spacial score (nSPS) is 18.4. The van der Waals surface area contributed by atoms with Gasteiger partial charge in [-0.15, -0.1) is 0 Å². The van der Waals surface area contributed by atoms with Crippen molar-refractivity contribution in [1.29, 1.82) is 0 Å². The van der Waals surface area contributed by atoms with Gasteiger partial charge < -0.3 is 10.2 Å². The number of aromatic nitrogens is 8. The van der Waals surface area contributed by atoms with E-state index in [4.69, 9.17) is 4.98 Å². The van der Waals surface area contributed by atoms with Crippen LogP contribution in [0.5, 0.6) is 0 Å². The van der Waals surface area contributed by atoms with E-state index in [2.05, 4.69) is 51.4 Å². The third kappa shape index (κ3) is 5.02. The van der Waals surface area contributed by atoms with Gasteiger partial charge in [0.05, 0.1) is 11.9 Å². The molecular weight excluding hydrogens is 521 g/mol. The Kier molecular flexibility index (Phi) is 6.19. The first-order valence-corrected chi connectivity index (χ1v) is 13.7. The van der Waals surface area contributed by atoms with E-state index < -0.39 is 0 Å². The molecular formula is C29H30FN11. The summed E-state index contributed by atoms with van der Waals surface area (Å²) in [4.78, 5) is 23.5. The average molecular weight is 552 g/mol. The Morgan fingerprint density at radius 3 is 2.41 bits per heavy atom. The van der Waals surface area contributed by atoms with Gasteiger partial charge >= 0.3 is 0 Å². The summed E-state index contributed by atoms with van der Waals surface area (Å²) in [6.07, 6.45) is 6.26. The number of H-pyrrole nitrogens is 1. The maximum atomic E-state index is 13.7. The summed E-state index contributed by atoms with van der Waals surface area (Å²) in [5.74, 6) is 3.28. The van der Waals surface area contributed by atoms with Crippen molar-refractivity contribution in [2.24, 2.45) is 0 Å². The van der Waals surface area contributed by atoms with Crippen molar-refractivity contribution >= 4 is 17.5 Å². The number of pyridine rings is 2. The molecule has 0 radical (unpaired) electrons. The van der Waals surface area contributed by atoms with Gasteiger partial charge in [0.15, 0.2) is 23.3 Å². The highest BCUT2D eigenvalue weighted by atomic mass is 19.1. The number of anilines is 3. The molecule has 5 aromatic rings. The molecule has 0 saturated carbocycles. The molecule has 0 aromatic carbocycles. The van der Waals surface area contributed by atoms with E-state index in [0.717, 1.165) is 48.0 Å². The van der Waals surface area contributed by atoms with E-state index in [9.17, 15) is 4.39 Å². The molecule has 11 nitrogen and oxygen atoms in total. The van der Waals surface area contributed by atoms with Gasteiger partial charge in [0.25, 0.3) is 0 Å². The summed E-state index contributed by atoms with van der Waals surface area (Å²) >= 11 is 0. The van der Waals surface area contributed by atoms with Crippen molar-refractivity contribution in [3.05, 3.63) is 83.5 Å². The zero-order valence-electron chi connectivity index (χ0n) is 23.1. The first kappa shape index (κ1) is 25.3. The summed E-state index contributed by atoms with van der Waals surface area (Å²) in [6.45, 7) is 8.25. The van der Waals surface area contributed by atoms with E-state index in [1.54, 1.807) is 6.92 Å². The fraction of sp³-hybridized carbons (Fsp3) is 0.310. The minimum Gasteiger partial charge on any atom is -0.353 e. The Hall–Kier alpha value is -4.71. The lowest BCUT2D eigenvalue weighted by atomic mass is 9.87. The van der Waals surface area contributed by atoms with Gasteiger partial charge in [-0.3, -0.25) is 10.00 Å². The Balaban J connectivity index is 0.987. The second-order valence-electron chi connectivity index (χ2n) is 10.8. The first-order chi connectivity index (χ1) is 19.9. The van der Waals surface area contributed by atoms with Crippen LogP contribution in [0.1, 0.15) is 29.1 Å². The minimum atomic E-state index is -0.329. The number of aryl methyl sites for hydroxylation is 3. The molecule has 12 heteroatoms. The van der Waals surface area contributed by atoms with Crippen molar-refractivity contribution in [1.82, 2.24) is 44.8 Å². The molecule has 3 fully saturated rings. The molecule has 2 atom stereocenters. The minimum absolute atomic E-state index is 0.329. The van der Waals surface area contributed by atoms with Crippen LogP contribution in [0.4, 0.5) is 21.8 Å². The molecule has 5 aromatic heterocycles. The van der Waals surface area contributed by atoms with E-state index >= 15 is 0 Å². The number of piperidine rings is 1. The van der Waals surface area contributed by atoms with Gasteiger partial charge in [0.1, 0.15) is 11.6 Å². The Morgan fingerprint density at radius 1 is 0.951 bits per heavy atom.